The summed E-state index contributed by atoms with van der Waals surface area (Å²) >= 11 is 0. The van der Waals surface area contributed by atoms with Crippen LogP contribution in [0.5, 0.6) is 0 Å². The van der Waals surface area contributed by atoms with E-state index >= 15 is 0 Å². The average Bonchev–Trinajstić information content (AvgIpc) is 1.99. The lowest BCUT2D eigenvalue weighted by atomic mass is 10.1. The van der Waals surface area contributed by atoms with Gasteiger partial charge in [-0.3, -0.25) is 4.79 Å². The molecule has 0 aliphatic heterocycles. The maximum atomic E-state index is 12.7. The molecular formula is C7H8F6O2. The van der Waals surface area contributed by atoms with Crippen LogP contribution >= 0.6 is 0 Å². The maximum Gasteiger partial charge on any atom is 0.425 e. The van der Waals surface area contributed by atoms with Gasteiger partial charge in [0.1, 0.15) is 0 Å². The molecule has 15 heavy (non-hydrogen) atoms. The van der Waals surface area contributed by atoms with E-state index in [4.69, 9.17) is 0 Å². The van der Waals surface area contributed by atoms with Gasteiger partial charge in [-0.05, 0) is 6.92 Å². The summed E-state index contributed by atoms with van der Waals surface area (Å²) in [5, 5.41) is 0. The first kappa shape index (κ1) is 14.0. The highest BCUT2D eigenvalue weighted by Crippen LogP contribution is 2.37. The van der Waals surface area contributed by atoms with Gasteiger partial charge in [0.15, 0.2) is 6.10 Å². The second-order valence-electron chi connectivity index (χ2n) is 2.83. The Kier molecular flexibility index (Phi) is 4.01. The van der Waals surface area contributed by atoms with E-state index in [0.717, 1.165) is 6.92 Å². The molecule has 0 amide bonds. The number of hydrogen-bond donors (Lipinski definition) is 0. The van der Waals surface area contributed by atoms with E-state index in [0.29, 0.717) is 6.92 Å². The lowest BCUT2D eigenvalue weighted by Crippen LogP contribution is -2.49. The van der Waals surface area contributed by atoms with E-state index in [2.05, 4.69) is 4.74 Å². The first-order valence-corrected chi connectivity index (χ1v) is 3.75. The van der Waals surface area contributed by atoms with E-state index in [9.17, 15) is 31.1 Å². The number of hydrogen-bond acceptors (Lipinski definition) is 2. The molecule has 0 heterocycles. The summed E-state index contributed by atoms with van der Waals surface area (Å²) in [4.78, 5) is 10.2. The Bertz CT molecular complexity index is 236. The van der Waals surface area contributed by atoms with E-state index in [-0.39, 0.29) is 0 Å². The molecule has 2 nitrogen and oxygen atoms in total. The fourth-order valence-corrected chi connectivity index (χ4v) is 0.752. The predicted octanol–water partition coefficient (Wildman–Crippen LogP) is 2.47. The second-order valence-corrected chi connectivity index (χ2v) is 2.83. The smallest absolute Gasteiger partial charge is 0.425 e. The molecule has 0 unspecified atom stereocenters. The topological polar surface area (TPSA) is 26.3 Å². The van der Waals surface area contributed by atoms with E-state index in [1.807, 2.05) is 0 Å². The number of rotatable bonds is 3. The second kappa shape index (κ2) is 4.28. The van der Waals surface area contributed by atoms with Crippen LogP contribution in [0.15, 0.2) is 0 Å². The van der Waals surface area contributed by atoms with Gasteiger partial charge in [-0.25, -0.2) is 4.39 Å². The summed E-state index contributed by atoms with van der Waals surface area (Å²) < 4.78 is 76.5. The number of esters is 1. The quantitative estimate of drug-likeness (QED) is 0.557. The first-order valence-electron chi connectivity index (χ1n) is 3.75. The van der Waals surface area contributed by atoms with Crippen molar-refractivity contribution in [3.8, 4) is 0 Å². The van der Waals surface area contributed by atoms with Crippen LogP contribution in [-0.4, -0.2) is 30.3 Å². The Hall–Kier alpha value is -0.950. The van der Waals surface area contributed by atoms with Crippen molar-refractivity contribution >= 4 is 5.97 Å². The van der Waals surface area contributed by atoms with Crippen molar-refractivity contribution in [3.05, 3.63) is 0 Å². The number of carbonyl (C=O) groups is 1. The third-order valence-electron chi connectivity index (χ3n) is 1.51. The number of halogens is 6. The Morgan fingerprint density at radius 1 is 1.20 bits per heavy atom. The predicted molar refractivity (Wildman–Crippen MR) is 37.1 cm³/mol. The minimum atomic E-state index is -5.70. The van der Waals surface area contributed by atoms with Crippen LogP contribution in [0.1, 0.15) is 13.8 Å². The molecule has 0 rings (SSSR count). The Morgan fingerprint density at radius 2 is 1.60 bits per heavy atom. The molecular weight excluding hydrogens is 230 g/mol. The molecule has 8 heteroatoms. The summed E-state index contributed by atoms with van der Waals surface area (Å²) in [5.41, 5.74) is 0. The largest absolute Gasteiger partial charge is 0.456 e. The average molecular weight is 238 g/mol. The molecule has 0 aliphatic rings. The van der Waals surface area contributed by atoms with Crippen LogP contribution in [-0.2, 0) is 9.53 Å². The van der Waals surface area contributed by atoms with Gasteiger partial charge in [0.25, 0.3) is 6.17 Å². The van der Waals surface area contributed by atoms with E-state index in [1.54, 1.807) is 0 Å². The minimum Gasteiger partial charge on any atom is -0.456 e. The van der Waals surface area contributed by atoms with Crippen LogP contribution in [0.3, 0.4) is 0 Å². The number of alkyl halides is 6. The van der Waals surface area contributed by atoms with Gasteiger partial charge in [0.2, 0.25) is 0 Å². The van der Waals surface area contributed by atoms with Crippen molar-refractivity contribution in [1.82, 2.24) is 0 Å². The van der Waals surface area contributed by atoms with Crippen LogP contribution in [0, 0.1) is 0 Å². The van der Waals surface area contributed by atoms with Crippen molar-refractivity contribution in [2.24, 2.45) is 0 Å². The summed E-state index contributed by atoms with van der Waals surface area (Å²) in [5.74, 6) is -6.01. The molecule has 0 radical (unpaired) electrons. The highest BCUT2D eigenvalue weighted by atomic mass is 19.4. The van der Waals surface area contributed by atoms with Crippen molar-refractivity contribution in [2.45, 2.75) is 38.2 Å². The van der Waals surface area contributed by atoms with Gasteiger partial charge >= 0.3 is 18.1 Å². The monoisotopic (exact) mass is 238 g/mol. The van der Waals surface area contributed by atoms with Crippen molar-refractivity contribution < 1.29 is 35.9 Å². The maximum absolute atomic E-state index is 12.7. The zero-order chi connectivity index (χ0) is 12.4. The Labute approximate surface area is 81.2 Å². The van der Waals surface area contributed by atoms with Gasteiger partial charge in [-0.1, -0.05) is 0 Å². The number of ether oxygens (including phenoxy) is 1. The van der Waals surface area contributed by atoms with Gasteiger partial charge in [0, 0.05) is 6.92 Å². The van der Waals surface area contributed by atoms with Gasteiger partial charge in [-0.15, -0.1) is 0 Å². The van der Waals surface area contributed by atoms with Gasteiger partial charge < -0.3 is 4.74 Å². The third-order valence-corrected chi connectivity index (χ3v) is 1.51. The fourth-order valence-electron chi connectivity index (χ4n) is 0.752. The molecule has 0 bridgehead atoms. The highest BCUT2D eigenvalue weighted by Gasteiger charge is 2.60. The van der Waals surface area contributed by atoms with E-state index < -0.39 is 30.3 Å². The summed E-state index contributed by atoms with van der Waals surface area (Å²) in [6.07, 6.45) is -12.5. The summed E-state index contributed by atoms with van der Waals surface area (Å²) in [7, 11) is 0. The van der Waals surface area contributed by atoms with Crippen LogP contribution < -0.4 is 0 Å². The Balaban J connectivity index is 4.73. The molecule has 0 N–H and O–H groups in total. The lowest BCUT2D eigenvalue weighted by Gasteiger charge is -2.27. The summed E-state index contributed by atoms with van der Waals surface area (Å²) in [6, 6.07) is 0. The highest BCUT2D eigenvalue weighted by molar-refractivity contribution is 5.66. The normalized spacial score (nSPS) is 17.1. The summed E-state index contributed by atoms with van der Waals surface area (Å²) in [6.45, 7) is 1.22. The van der Waals surface area contributed by atoms with Crippen LogP contribution in [0.2, 0.25) is 0 Å². The van der Waals surface area contributed by atoms with Crippen LogP contribution in [0.25, 0.3) is 0 Å². The molecule has 0 saturated carbocycles. The zero-order valence-corrected chi connectivity index (χ0v) is 7.74. The molecule has 0 aliphatic carbocycles. The Morgan fingerprint density at radius 3 is 1.87 bits per heavy atom. The molecule has 0 aromatic carbocycles. The van der Waals surface area contributed by atoms with Crippen molar-refractivity contribution in [2.75, 3.05) is 0 Å². The molecule has 0 aromatic rings. The van der Waals surface area contributed by atoms with Crippen molar-refractivity contribution in [3.63, 3.8) is 0 Å². The molecule has 0 fully saturated rings. The van der Waals surface area contributed by atoms with Gasteiger partial charge in [0.05, 0.1) is 0 Å². The molecule has 0 aromatic heterocycles. The van der Waals surface area contributed by atoms with E-state index in [1.165, 1.54) is 0 Å². The first-order chi connectivity index (χ1) is 6.49. The van der Waals surface area contributed by atoms with Gasteiger partial charge in [-0.2, -0.15) is 22.0 Å². The molecule has 90 valence electrons. The molecule has 2 atom stereocenters. The van der Waals surface area contributed by atoms with Crippen LogP contribution in [0.4, 0.5) is 26.3 Å². The minimum absolute atomic E-state index is 0.486. The molecule has 0 saturated heterocycles. The standard InChI is InChI=1S/C7H8F6O2/c1-3(15-4(2)14)6(9,10)5(8)7(11,12)13/h3,5H,1-2H3/t3-,5-/m1/s1. The SMILES string of the molecule is CC(=O)O[C@H](C)C(F)(F)[C@@H](F)C(F)(F)F. The van der Waals surface area contributed by atoms with Crippen molar-refractivity contribution in [1.29, 1.82) is 0 Å². The third kappa shape index (κ3) is 3.60. The fraction of sp³-hybridized carbons (Fsp3) is 0.857. The zero-order valence-electron chi connectivity index (χ0n) is 7.74. The lowest BCUT2D eigenvalue weighted by molar-refractivity contribution is -0.268. The molecule has 0 spiro atoms. The number of carbonyl (C=O) groups excluding carboxylic acids is 1.